The summed E-state index contributed by atoms with van der Waals surface area (Å²) in [5.41, 5.74) is 7.95. The van der Waals surface area contributed by atoms with E-state index in [1.807, 2.05) is 0 Å². The van der Waals surface area contributed by atoms with Crippen molar-refractivity contribution in [1.82, 2.24) is 0 Å². The molecule has 0 amide bonds. The van der Waals surface area contributed by atoms with E-state index in [1.165, 1.54) is 6.07 Å². The first-order valence-corrected chi connectivity index (χ1v) is 6.73. The third-order valence-corrected chi connectivity index (χ3v) is 2.79. The molecule has 0 saturated carbocycles. The summed E-state index contributed by atoms with van der Waals surface area (Å²) in [6, 6.07) is 6.52. The lowest BCUT2D eigenvalue weighted by Crippen LogP contribution is -2.30. The minimum absolute atomic E-state index is 0.0188. The smallest absolute Gasteiger partial charge is 0.441 e. The number of aromatic hydroxyl groups is 1. The maximum absolute atomic E-state index is 11.6. The zero-order valence-corrected chi connectivity index (χ0v) is 12.6. The van der Waals surface area contributed by atoms with Crippen LogP contribution in [-0.4, -0.2) is 39.6 Å². The van der Waals surface area contributed by atoms with E-state index in [2.05, 4.69) is 4.79 Å². The van der Waals surface area contributed by atoms with Crippen LogP contribution in [0.15, 0.2) is 24.3 Å². The molecule has 1 aromatic carbocycles. The molecule has 0 fully saturated rings. The molecule has 0 aliphatic carbocycles. The first-order chi connectivity index (χ1) is 10.3. The van der Waals surface area contributed by atoms with Crippen LogP contribution in [0, 0.1) is 0 Å². The second kappa shape index (κ2) is 7.95. The normalized spacial score (nSPS) is 12.7. The monoisotopic (exact) mass is 306 g/mol. The third kappa shape index (κ3) is 5.03. The van der Waals surface area contributed by atoms with Crippen LogP contribution in [0.5, 0.6) is 11.5 Å². The van der Waals surface area contributed by atoms with Crippen LogP contribution in [0.4, 0.5) is 0 Å². The van der Waals surface area contributed by atoms with Crippen molar-refractivity contribution in [2.45, 2.75) is 39.4 Å². The molecule has 0 saturated heterocycles. The average molecular weight is 306 g/mol. The lowest BCUT2D eigenvalue weighted by Gasteiger charge is -2.19. The maximum atomic E-state index is 11.6. The standard InChI is InChI=1S/C15H18N2O5/c1-9(21-13-7-5-4-6-12(13)19)8-10(2)22-15(20)14(17-16)11(3)18/h4-7,9-10,19H,8H2,1-3H3/t9-,10+/m0/s1. The van der Waals surface area contributed by atoms with Gasteiger partial charge in [-0.15, -0.1) is 0 Å². The van der Waals surface area contributed by atoms with Crippen molar-refractivity contribution < 1.29 is 29.0 Å². The fourth-order valence-corrected chi connectivity index (χ4v) is 1.83. The number of esters is 1. The molecular weight excluding hydrogens is 288 g/mol. The Morgan fingerprint density at radius 3 is 2.45 bits per heavy atom. The van der Waals surface area contributed by atoms with Crippen molar-refractivity contribution in [2.24, 2.45) is 0 Å². The number of ether oxygens (including phenoxy) is 2. The van der Waals surface area contributed by atoms with Gasteiger partial charge in [-0.3, -0.25) is 4.79 Å². The molecule has 0 spiro atoms. The van der Waals surface area contributed by atoms with Gasteiger partial charge < -0.3 is 20.1 Å². The summed E-state index contributed by atoms with van der Waals surface area (Å²) >= 11 is 0. The van der Waals surface area contributed by atoms with E-state index in [9.17, 15) is 14.7 Å². The zero-order chi connectivity index (χ0) is 16.7. The van der Waals surface area contributed by atoms with Crippen molar-refractivity contribution in [2.75, 3.05) is 0 Å². The molecule has 0 unspecified atom stereocenters. The van der Waals surface area contributed by atoms with Gasteiger partial charge in [0.2, 0.25) is 5.78 Å². The third-order valence-electron chi connectivity index (χ3n) is 2.79. The lowest BCUT2D eigenvalue weighted by molar-refractivity contribution is -0.146. The number of ketones is 1. The number of phenolic OH excluding ortho intramolecular Hbond substituents is 1. The van der Waals surface area contributed by atoms with Gasteiger partial charge in [-0.05, 0) is 26.0 Å². The fraction of sp³-hybridized carbons (Fsp3) is 0.400. The van der Waals surface area contributed by atoms with Crippen molar-refractivity contribution in [3.05, 3.63) is 29.8 Å². The first kappa shape index (κ1) is 17.4. The summed E-state index contributed by atoms with van der Waals surface area (Å²) in [5, 5.41) is 9.61. The Bertz CT molecular complexity index is 608. The van der Waals surface area contributed by atoms with Crippen molar-refractivity contribution in [3.8, 4) is 11.5 Å². The predicted molar refractivity (Wildman–Crippen MR) is 77.7 cm³/mol. The summed E-state index contributed by atoms with van der Waals surface area (Å²) in [7, 11) is 0. The topological polar surface area (TPSA) is 109 Å². The predicted octanol–water partition coefficient (Wildman–Crippen LogP) is 1.74. The van der Waals surface area contributed by atoms with Crippen LogP contribution in [0.2, 0.25) is 0 Å². The van der Waals surface area contributed by atoms with E-state index >= 15 is 0 Å². The summed E-state index contributed by atoms with van der Waals surface area (Å²) in [4.78, 5) is 25.3. The van der Waals surface area contributed by atoms with Crippen molar-refractivity contribution in [3.63, 3.8) is 0 Å². The second-order valence-corrected chi connectivity index (χ2v) is 4.85. The van der Waals surface area contributed by atoms with Crippen LogP contribution < -0.4 is 4.74 Å². The van der Waals surface area contributed by atoms with Crippen LogP contribution in [-0.2, 0) is 14.3 Å². The molecule has 1 aromatic rings. The highest BCUT2D eigenvalue weighted by molar-refractivity contribution is 6.61. The molecule has 1 N–H and O–H groups in total. The second-order valence-electron chi connectivity index (χ2n) is 4.85. The Hall–Kier alpha value is -2.66. The van der Waals surface area contributed by atoms with Gasteiger partial charge in [0.15, 0.2) is 11.5 Å². The minimum Gasteiger partial charge on any atom is -0.504 e. The number of rotatable bonds is 7. The Balaban J connectivity index is 2.56. The van der Waals surface area contributed by atoms with E-state index < -0.39 is 23.6 Å². The van der Waals surface area contributed by atoms with E-state index in [4.69, 9.17) is 15.0 Å². The molecule has 22 heavy (non-hydrogen) atoms. The van der Waals surface area contributed by atoms with Crippen LogP contribution in [0.25, 0.3) is 5.53 Å². The number of carbonyl (C=O) groups is 2. The van der Waals surface area contributed by atoms with Gasteiger partial charge in [0.1, 0.15) is 6.10 Å². The van der Waals surface area contributed by atoms with Crippen LogP contribution in [0.1, 0.15) is 27.2 Å². The number of hydrogen-bond donors (Lipinski definition) is 1. The molecule has 0 bridgehead atoms. The number of nitrogens with zero attached hydrogens (tertiary/aromatic N) is 2. The van der Waals surface area contributed by atoms with E-state index in [0.29, 0.717) is 12.2 Å². The molecule has 118 valence electrons. The number of hydrogen-bond acceptors (Lipinski definition) is 5. The van der Waals surface area contributed by atoms with Crippen molar-refractivity contribution in [1.29, 1.82) is 0 Å². The number of benzene rings is 1. The highest BCUT2D eigenvalue weighted by Gasteiger charge is 2.29. The molecule has 0 aliphatic rings. The minimum atomic E-state index is -0.989. The number of phenols is 1. The zero-order valence-electron chi connectivity index (χ0n) is 12.6. The molecule has 0 radical (unpaired) electrons. The van der Waals surface area contributed by atoms with Crippen LogP contribution >= 0.6 is 0 Å². The Morgan fingerprint density at radius 1 is 1.27 bits per heavy atom. The number of Topliss-reactive ketones (excluding diaryl/α,β-unsaturated/α-hetero) is 1. The van der Waals surface area contributed by atoms with Gasteiger partial charge in [-0.1, -0.05) is 12.1 Å². The maximum Gasteiger partial charge on any atom is 0.441 e. The Morgan fingerprint density at radius 2 is 1.91 bits per heavy atom. The Kier molecular flexibility index (Phi) is 6.28. The quantitative estimate of drug-likeness (QED) is 0.271. The van der Waals surface area contributed by atoms with Gasteiger partial charge in [0.05, 0.1) is 6.10 Å². The molecule has 1 rings (SSSR count). The van der Waals surface area contributed by atoms with Gasteiger partial charge >= 0.3 is 11.7 Å². The first-order valence-electron chi connectivity index (χ1n) is 6.73. The SMILES string of the molecule is CC(=O)C(=[N+]=[N-])C(=O)O[C@H](C)C[C@H](C)Oc1ccccc1O. The van der Waals surface area contributed by atoms with Crippen molar-refractivity contribution >= 4 is 17.5 Å². The molecule has 0 aliphatic heterocycles. The molecule has 7 heteroatoms. The highest BCUT2D eigenvalue weighted by atomic mass is 16.5. The fourth-order valence-electron chi connectivity index (χ4n) is 1.83. The summed E-state index contributed by atoms with van der Waals surface area (Å²) < 4.78 is 10.6. The van der Waals surface area contributed by atoms with Gasteiger partial charge in [0.25, 0.3) is 0 Å². The molecular formula is C15H18N2O5. The largest absolute Gasteiger partial charge is 0.504 e. The van der Waals surface area contributed by atoms with Gasteiger partial charge in [0, 0.05) is 13.3 Å². The number of carbonyl (C=O) groups excluding carboxylic acids is 2. The summed E-state index contributed by atoms with van der Waals surface area (Å²) in [6.07, 6.45) is -0.580. The van der Waals surface area contributed by atoms with Crippen LogP contribution in [0.3, 0.4) is 0 Å². The lowest BCUT2D eigenvalue weighted by atomic mass is 10.2. The molecule has 0 aromatic heterocycles. The van der Waals surface area contributed by atoms with E-state index in [0.717, 1.165) is 6.92 Å². The number of para-hydroxylation sites is 2. The molecule has 2 atom stereocenters. The molecule has 7 nitrogen and oxygen atoms in total. The highest BCUT2D eigenvalue weighted by Crippen LogP contribution is 2.26. The summed E-state index contributed by atoms with van der Waals surface area (Å²) in [6.45, 7) is 4.48. The van der Waals surface area contributed by atoms with E-state index in [-0.39, 0.29) is 11.9 Å². The van der Waals surface area contributed by atoms with Gasteiger partial charge in [-0.25, -0.2) is 4.79 Å². The molecule has 0 heterocycles. The van der Waals surface area contributed by atoms with Gasteiger partial charge in [-0.2, -0.15) is 4.79 Å². The Labute approximate surface area is 128 Å². The van der Waals surface area contributed by atoms with E-state index in [1.54, 1.807) is 32.0 Å². The summed E-state index contributed by atoms with van der Waals surface area (Å²) in [5.74, 6) is -1.32. The average Bonchev–Trinajstić information content (AvgIpc) is 2.41.